The molecule has 11 aliphatic rings. The smallest absolute Gasteiger partial charge is 0.0906 e. The van der Waals surface area contributed by atoms with Gasteiger partial charge >= 0.3 is 0 Å². The van der Waals surface area contributed by atoms with E-state index in [1.54, 1.807) is 16.7 Å². The minimum atomic E-state index is 0.000579. The third kappa shape index (κ3) is 16.9. The van der Waals surface area contributed by atoms with Crippen molar-refractivity contribution < 1.29 is 9.47 Å². The second kappa shape index (κ2) is 31.2. The van der Waals surface area contributed by atoms with Crippen molar-refractivity contribution in [2.75, 3.05) is 34.8 Å². The molecule has 14 rings (SSSR count). The molecule has 0 N–H and O–H groups in total. The first kappa shape index (κ1) is 94.5. The van der Waals surface area contributed by atoms with Gasteiger partial charge in [-0.25, -0.2) is 0 Å². The SMILES string of the molecule is CC1=C(C)C(C)(C)C(C)(C)N1C.CC1=C(C)C(C)(C)C(C)(C)N1C(C)(C)C.CC1=C(C)C(C)(C)C(C)(C)N1c1c(C)cccc1C.CC1=C(C)C(C)(C)C(C)(C)N1c1ccccc1.CC1=C(C)C(C)(C)CN1C(C)(C)C.CC1=C(C)C(C)(C)CN1c1ccccc1.CC1=C(C)C2(CC2)OC1(C)C.CC1=C(C)C2(CC2)OC12CC2. The maximum absolute atomic E-state index is 6.11. The van der Waals surface area contributed by atoms with E-state index in [-0.39, 0.29) is 71.9 Å². The van der Waals surface area contributed by atoms with E-state index in [1.807, 2.05) is 0 Å². The Morgan fingerprint density at radius 1 is 0.292 bits per heavy atom. The quantitative estimate of drug-likeness (QED) is 0.240. The topological polar surface area (TPSA) is 37.9 Å². The van der Waals surface area contributed by atoms with Crippen LogP contribution in [0.4, 0.5) is 17.1 Å². The molecule has 0 amide bonds. The molecule has 0 atom stereocenters. The van der Waals surface area contributed by atoms with Gasteiger partial charge in [-0.15, -0.1) is 0 Å². The van der Waals surface area contributed by atoms with Gasteiger partial charge in [-0.2, -0.15) is 0 Å². The van der Waals surface area contributed by atoms with Crippen molar-refractivity contribution in [2.45, 2.75) is 413 Å². The highest BCUT2D eigenvalue weighted by atomic mass is 16.5. The second-order valence-electron chi connectivity index (χ2n) is 44.5. The standard InChI is InChI=1S/C18H27N.C16H23N.C14H19N.C14H27N.C12H23N.C11H21N.C10H14O.C10H16O/c1-12-10-9-11-13(2)16(12)19-15(4)14(3)17(5,6)18(19,7)8;1-12-13(2)17(14-10-8-7-9-11-14)16(5,6)15(12,3)4;1-11-12(2)15(10-14(11,3)4)13-8-6-5-7-9-13;1-10-11(2)15(12(3,4)5)14(8,9)13(10,6)7;1-9-10(2)13(11(3,4)5)8-12(9,6)7;1-8-9(2)12(7)11(5,6)10(8,3)4;1-7-8(2)10(5-6-10)11-9(7)3-4-9;1-7-8(2)10(5-6-10)11-9(7,3)4/h9-11H,1-8H3;7-11H,1-6H3;5-9H,10H2,1-4H3;1-9H3;8H2,1-7H3;1-7H3;3-6H2,1-2H3;5-6H2,1-4H3. The molecule has 632 valence electrons. The van der Waals surface area contributed by atoms with Crippen LogP contribution in [0, 0.1) is 46.3 Å². The Kier molecular flexibility index (Phi) is 26.1. The largest absolute Gasteiger partial charge is 0.372 e. The number of anilines is 3. The fraction of sp³-hybridized carbons (Fsp3) is 0.676. The van der Waals surface area contributed by atoms with Crippen molar-refractivity contribution in [3.8, 4) is 0 Å². The third-order valence-corrected chi connectivity index (χ3v) is 33.4. The molecule has 113 heavy (non-hydrogen) atoms. The Morgan fingerprint density at radius 2 is 0.628 bits per heavy atom. The Balaban J connectivity index is 0.000000180. The number of benzene rings is 3. The van der Waals surface area contributed by atoms with E-state index in [9.17, 15) is 0 Å². The van der Waals surface area contributed by atoms with Crippen LogP contribution >= 0.6 is 0 Å². The Morgan fingerprint density at radius 3 is 0.867 bits per heavy atom. The van der Waals surface area contributed by atoms with Crippen LogP contribution in [0.1, 0.15) is 354 Å². The number of allylic oxidation sites excluding steroid dienone is 6. The molecule has 8 nitrogen and oxygen atoms in total. The van der Waals surface area contributed by atoms with E-state index >= 15 is 0 Å². The van der Waals surface area contributed by atoms with Gasteiger partial charge in [0.05, 0.1) is 22.4 Å². The van der Waals surface area contributed by atoms with Crippen molar-refractivity contribution in [1.29, 1.82) is 0 Å². The molecule has 8 aliphatic heterocycles. The molecule has 8 heterocycles. The van der Waals surface area contributed by atoms with Crippen molar-refractivity contribution in [3.05, 3.63) is 180 Å². The average Bonchev–Trinajstić information content (AvgIpc) is 1.53. The summed E-state index contributed by atoms with van der Waals surface area (Å²) >= 11 is 0. The maximum Gasteiger partial charge on any atom is 0.0906 e. The van der Waals surface area contributed by atoms with Gasteiger partial charge in [0.2, 0.25) is 0 Å². The molecule has 0 unspecified atom stereocenters. The summed E-state index contributed by atoms with van der Waals surface area (Å²) in [5.74, 6) is 0. The number of rotatable bonds is 3. The Bertz CT molecular complexity index is 4170. The fourth-order valence-electron chi connectivity index (χ4n) is 20.1. The second-order valence-corrected chi connectivity index (χ2v) is 44.5. The summed E-state index contributed by atoms with van der Waals surface area (Å²) in [4.78, 5) is 14.9. The number of para-hydroxylation sites is 3. The highest BCUT2D eigenvalue weighted by molar-refractivity contribution is 5.68. The highest BCUT2D eigenvalue weighted by Gasteiger charge is 2.63. The summed E-state index contributed by atoms with van der Waals surface area (Å²) in [5.41, 5.74) is 33.8. The fourth-order valence-corrected chi connectivity index (χ4v) is 20.1. The normalized spacial score (nSPS) is 24.8. The van der Waals surface area contributed by atoms with Crippen molar-refractivity contribution >= 4 is 17.1 Å². The van der Waals surface area contributed by atoms with Crippen molar-refractivity contribution in [2.24, 2.45) is 32.5 Å². The number of nitrogens with zero attached hydrogens (tertiary/aromatic N) is 6. The lowest BCUT2D eigenvalue weighted by molar-refractivity contribution is -0.0211. The predicted octanol–water partition coefficient (Wildman–Crippen LogP) is 29.4. The van der Waals surface area contributed by atoms with Crippen LogP contribution in [0.15, 0.2) is 169 Å². The van der Waals surface area contributed by atoms with E-state index in [1.165, 1.54) is 140 Å². The third-order valence-electron chi connectivity index (χ3n) is 33.4. The van der Waals surface area contributed by atoms with Gasteiger partial charge in [-0.3, -0.25) is 0 Å². The highest BCUT2D eigenvalue weighted by Crippen LogP contribution is 2.64. The van der Waals surface area contributed by atoms with Crippen LogP contribution in [-0.4, -0.2) is 90.5 Å². The first-order valence-corrected chi connectivity index (χ1v) is 43.6. The van der Waals surface area contributed by atoms with Crippen molar-refractivity contribution in [3.63, 3.8) is 0 Å². The molecule has 0 bridgehead atoms. The zero-order chi connectivity index (χ0) is 86.9. The predicted molar refractivity (Wildman–Crippen MR) is 495 cm³/mol. The molecule has 0 aromatic heterocycles. The van der Waals surface area contributed by atoms with E-state index in [0.29, 0.717) is 16.2 Å². The van der Waals surface area contributed by atoms with E-state index in [2.05, 4.69) is 434 Å². The number of aryl methyl sites for hydroxylation is 2. The molecular formula is C105H170N6O2. The Hall–Kier alpha value is -5.70. The number of hydrogen-bond donors (Lipinski definition) is 0. The molecule has 3 aliphatic carbocycles. The first-order valence-electron chi connectivity index (χ1n) is 43.6. The lowest BCUT2D eigenvalue weighted by Crippen LogP contribution is -2.55. The van der Waals surface area contributed by atoms with Crippen LogP contribution in [0.5, 0.6) is 0 Å². The monoisotopic (exact) mass is 1550 g/mol. The van der Waals surface area contributed by atoms with Crippen LogP contribution in [0.3, 0.4) is 0 Å². The lowest BCUT2D eigenvalue weighted by atomic mass is 9.71. The van der Waals surface area contributed by atoms with Gasteiger partial charge < -0.3 is 38.9 Å². The van der Waals surface area contributed by atoms with E-state index in [4.69, 9.17) is 9.47 Å². The number of ether oxygens (including phenoxy) is 2. The van der Waals surface area contributed by atoms with Crippen LogP contribution in [0.2, 0.25) is 0 Å². The van der Waals surface area contributed by atoms with Gasteiger partial charge in [0.25, 0.3) is 0 Å². The summed E-state index contributed by atoms with van der Waals surface area (Å²) in [6, 6.07) is 27.9. The first-order chi connectivity index (χ1) is 50.9. The van der Waals surface area contributed by atoms with Gasteiger partial charge in [0.15, 0.2) is 0 Å². The summed E-state index contributed by atoms with van der Waals surface area (Å²) < 4.78 is 12.1. The molecule has 3 spiro atoms. The molecule has 0 saturated heterocycles. The molecule has 3 saturated carbocycles. The van der Waals surface area contributed by atoms with Gasteiger partial charge in [0, 0.05) is 137 Å². The summed E-state index contributed by atoms with van der Waals surface area (Å²) in [6.07, 6.45) is 7.57. The summed E-state index contributed by atoms with van der Waals surface area (Å²) in [5, 5.41) is 0. The van der Waals surface area contributed by atoms with Gasteiger partial charge in [-0.05, 0) is 365 Å². The zero-order valence-electron chi connectivity index (χ0n) is 82.2. The minimum Gasteiger partial charge on any atom is -0.372 e. The van der Waals surface area contributed by atoms with Gasteiger partial charge in [-0.1, -0.05) is 138 Å². The summed E-state index contributed by atoms with van der Waals surface area (Å²) in [7, 11) is 2.19. The van der Waals surface area contributed by atoms with E-state index < -0.39 is 0 Å². The Labute approximate surface area is 697 Å². The summed E-state index contributed by atoms with van der Waals surface area (Å²) in [6.45, 7) is 108. The van der Waals surface area contributed by atoms with Crippen LogP contribution in [-0.2, 0) is 9.47 Å². The lowest BCUT2D eigenvalue weighted by Gasteiger charge is -2.50. The zero-order valence-corrected chi connectivity index (χ0v) is 82.2. The molecule has 8 heteroatoms. The van der Waals surface area contributed by atoms with Crippen LogP contribution in [0.25, 0.3) is 0 Å². The van der Waals surface area contributed by atoms with E-state index in [0.717, 1.165) is 13.1 Å². The molecular weight excluding hydrogens is 1380 g/mol. The molecule has 3 fully saturated rings. The average molecular weight is 1550 g/mol. The van der Waals surface area contributed by atoms with Gasteiger partial charge in [0.1, 0.15) is 0 Å². The maximum atomic E-state index is 6.11. The molecule has 0 radical (unpaired) electrons. The molecule has 3 aromatic carbocycles. The number of hydrogen-bond acceptors (Lipinski definition) is 8. The van der Waals surface area contributed by atoms with Crippen molar-refractivity contribution in [1.82, 2.24) is 14.7 Å². The molecule has 3 aromatic rings. The minimum absolute atomic E-state index is 0.000579. The van der Waals surface area contributed by atoms with Crippen LogP contribution < -0.4 is 14.7 Å².